The smallest absolute Gasteiger partial charge is 0.255 e. The van der Waals surface area contributed by atoms with Crippen LogP contribution in [0.2, 0.25) is 0 Å². The molecule has 4 aromatic rings. The third-order valence-corrected chi connectivity index (χ3v) is 5.28. The number of amides is 2. The van der Waals surface area contributed by atoms with Crippen LogP contribution in [0, 0.1) is 0 Å². The number of hydrogen-bond donors (Lipinski definition) is 2. The van der Waals surface area contributed by atoms with Gasteiger partial charge in [-0.1, -0.05) is 78.9 Å². The van der Waals surface area contributed by atoms with E-state index in [2.05, 4.69) is 10.6 Å². The van der Waals surface area contributed by atoms with Crippen molar-refractivity contribution in [3.8, 4) is 11.1 Å². The van der Waals surface area contributed by atoms with Crippen LogP contribution in [0.5, 0.6) is 0 Å². The lowest BCUT2D eigenvalue weighted by atomic mass is 10.0. The average molecular weight is 421 g/mol. The molecule has 0 heterocycles. The van der Waals surface area contributed by atoms with Crippen molar-refractivity contribution < 1.29 is 9.59 Å². The summed E-state index contributed by atoms with van der Waals surface area (Å²) in [5.74, 6) is -0.413. The molecule has 0 radical (unpaired) electrons. The van der Waals surface area contributed by atoms with Gasteiger partial charge in [-0.3, -0.25) is 9.59 Å². The first-order valence-electron chi connectivity index (χ1n) is 10.5. The number of rotatable bonds is 6. The Bertz CT molecular complexity index is 1200. The molecule has 4 aromatic carbocycles. The van der Waals surface area contributed by atoms with Crippen LogP contribution < -0.4 is 10.6 Å². The normalized spacial score (nSPS) is 11.4. The van der Waals surface area contributed by atoms with Crippen LogP contribution in [-0.4, -0.2) is 11.8 Å². The fourth-order valence-corrected chi connectivity index (χ4v) is 3.49. The van der Waals surface area contributed by atoms with Gasteiger partial charge in [0.1, 0.15) is 0 Å². The fraction of sp³-hybridized carbons (Fsp3) is 0.0714. The highest BCUT2D eigenvalue weighted by Crippen LogP contribution is 2.20. The molecule has 2 N–H and O–H groups in total. The summed E-state index contributed by atoms with van der Waals surface area (Å²) in [6.45, 7) is 1.94. The number of anilines is 1. The van der Waals surface area contributed by atoms with Crippen LogP contribution in [0.1, 0.15) is 39.2 Å². The van der Waals surface area contributed by atoms with E-state index in [1.165, 1.54) is 0 Å². The van der Waals surface area contributed by atoms with E-state index in [9.17, 15) is 9.59 Å². The molecule has 4 heteroatoms. The lowest BCUT2D eigenvalue weighted by Crippen LogP contribution is -2.26. The third-order valence-electron chi connectivity index (χ3n) is 5.28. The van der Waals surface area contributed by atoms with Gasteiger partial charge in [0.2, 0.25) is 0 Å². The monoisotopic (exact) mass is 420 g/mol. The minimum atomic E-state index is -0.222. The quantitative estimate of drug-likeness (QED) is 0.396. The first-order chi connectivity index (χ1) is 15.6. The molecule has 0 spiro atoms. The Morgan fingerprint density at radius 1 is 0.625 bits per heavy atom. The van der Waals surface area contributed by atoms with Gasteiger partial charge in [0.15, 0.2) is 0 Å². The minimum Gasteiger partial charge on any atom is -0.346 e. The number of carbonyl (C=O) groups is 2. The lowest BCUT2D eigenvalue weighted by molar-refractivity contribution is 0.0938. The maximum Gasteiger partial charge on any atom is 0.255 e. The molecule has 32 heavy (non-hydrogen) atoms. The van der Waals surface area contributed by atoms with Gasteiger partial charge in [-0.2, -0.15) is 0 Å². The summed E-state index contributed by atoms with van der Waals surface area (Å²) in [6, 6.07) is 34.1. The third kappa shape index (κ3) is 5.10. The van der Waals surface area contributed by atoms with Gasteiger partial charge in [-0.25, -0.2) is 0 Å². The Hall–Kier alpha value is -4.18. The molecule has 0 fully saturated rings. The molecule has 0 aliphatic carbocycles. The standard InChI is InChI=1S/C28H24N2O2/c1-20(21-9-4-2-5-10-21)29-28(32)25-13-8-14-26(19-25)30-27(31)24-17-15-23(16-18-24)22-11-6-3-7-12-22/h2-20H,1H3,(H,29,32)(H,30,31). The largest absolute Gasteiger partial charge is 0.346 e. The van der Waals surface area contributed by atoms with Crippen molar-refractivity contribution in [3.05, 3.63) is 126 Å². The maximum absolute atomic E-state index is 12.7. The topological polar surface area (TPSA) is 58.2 Å². The van der Waals surface area contributed by atoms with Crippen LogP contribution in [-0.2, 0) is 0 Å². The molecule has 1 atom stereocenters. The summed E-state index contributed by atoms with van der Waals surface area (Å²) in [6.07, 6.45) is 0. The van der Waals surface area contributed by atoms with Gasteiger partial charge in [-0.15, -0.1) is 0 Å². The molecule has 0 aliphatic heterocycles. The molecule has 4 nitrogen and oxygen atoms in total. The van der Waals surface area contributed by atoms with Crippen molar-refractivity contribution in [3.63, 3.8) is 0 Å². The van der Waals surface area contributed by atoms with E-state index < -0.39 is 0 Å². The van der Waals surface area contributed by atoms with Crippen molar-refractivity contribution in [1.82, 2.24) is 5.32 Å². The number of hydrogen-bond acceptors (Lipinski definition) is 2. The Labute approximate surface area is 187 Å². The van der Waals surface area contributed by atoms with Crippen LogP contribution in [0.3, 0.4) is 0 Å². The predicted octanol–water partition coefficient (Wildman–Crippen LogP) is 6.10. The molecule has 0 bridgehead atoms. The molecule has 0 saturated carbocycles. The van der Waals surface area contributed by atoms with Crippen molar-refractivity contribution in [2.24, 2.45) is 0 Å². The Morgan fingerprint density at radius 2 is 1.25 bits per heavy atom. The highest BCUT2D eigenvalue weighted by Gasteiger charge is 2.13. The first-order valence-corrected chi connectivity index (χ1v) is 10.5. The van der Waals surface area contributed by atoms with E-state index >= 15 is 0 Å². The minimum absolute atomic E-state index is 0.120. The van der Waals surface area contributed by atoms with Crippen molar-refractivity contribution in [2.45, 2.75) is 13.0 Å². The van der Waals surface area contributed by atoms with Crippen LogP contribution >= 0.6 is 0 Å². The summed E-state index contributed by atoms with van der Waals surface area (Å²) >= 11 is 0. The van der Waals surface area contributed by atoms with Crippen molar-refractivity contribution in [1.29, 1.82) is 0 Å². The zero-order valence-electron chi connectivity index (χ0n) is 17.8. The van der Waals surface area contributed by atoms with Crippen molar-refractivity contribution in [2.75, 3.05) is 5.32 Å². The van der Waals surface area contributed by atoms with Gasteiger partial charge < -0.3 is 10.6 Å². The van der Waals surface area contributed by atoms with Gasteiger partial charge in [-0.05, 0) is 53.9 Å². The molecule has 0 aliphatic rings. The second-order valence-electron chi connectivity index (χ2n) is 7.58. The zero-order valence-corrected chi connectivity index (χ0v) is 17.8. The van der Waals surface area contributed by atoms with Crippen molar-refractivity contribution >= 4 is 17.5 Å². The molecule has 1 unspecified atom stereocenters. The molecule has 0 aromatic heterocycles. The van der Waals surface area contributed by atoms with Gasteiger partial charge in [0.05, 0.1) is 6.04 Å². The number of nitrogens with one attached hydrogen (secondary N) is 2. The summed E-state index contributed by atoms with van der Waals surface area (Å²) in [7, 11) is 0. The van der Waals surface area contributed by atoms with E-state index in [1.54, 1.807) is 36.4 Å². The maximum atomic E-state index is 12.7. The molecule has 158 valence electrons. The highest BCUT2D eigenvalue weighted by molar-refractivity contribution is 6.05. The summed E-state index contributed by atoms with van der Waals surface area (Å²) in [4.78, 5) is 25.4. The SMILES string of the molecule is CC(NC(=O)c1cccc(NC(=O)c2ccc(-c3ccccc3)cc2)c1)c1ccccc1. The van der Waals surface area contributed by atoms with E-state index in [-0.39, 0.29) is 17.9 Å². The predicted molar refractivity (Wildman–Crippen MR) is 129 cm³/mol. The van der Waals surface area contributed by atoms with Crippen LogP contribution in [0.15, 0.2) is 109 Å². The van der Waals surface area contributed by atoms with Gasteiger partial charge in [0, 0.05) is 16.8 Å². The van der Waals surface area contributed by atoms with Crippen LogP contribution in [0.25, 0.3) is 11.1 Å². The molecular weight excluding hydrogens is 396 g/mol. The Kier molecular flexibility index (Phi) is 6.42. The Balaban J connectivity index is 1.42. The van der Waals surface area contributed by atoms with E-state index in [0.29, 0.717) is 16.8 Å². The lowest BCUT2D eigenvalue weighted by Gasteiger charge is -2.15. The van der Waals surface area contributed by atoms with E-state index in [0.717, 1.165) is 16.7 Å². The number of benzene rings is 4. The van der Waals surface area contributed by atoms with E-state index in [4.69, 9.17) is 0 Å². The first kappa shape index (κ1) is 21.1. The van der Waals surface area contributed by atoms with Gasteiger partial charge in [0.25, 0.3) is 11.8 Å². The van der Waals surface area contributed by atoms with E-state index in [1.807, 2.05) is 79.7 Å². The van der Waals surface area contributed by atoms with Gasteiger partial charge >= 0.3 is 0 Å². The molecule has 2 amide bonds. The Morgan fingerprint density at radius 3 is 1.94 bits per heavy atom. The zero-order chi connectivity index (χ0) is 22.3. The molecule has 0 saturated heterocycles. The second-order valence-corrected chi connectivity index (χ2v) is 7.58. The summed E-state index contributed by atoms with van der Waals surface area (Å²) in [5.41, 5.74) is 4.80. The van der Waals surface area contributed by atoms with Crippen LogP contribution in [0.4, 0.5) is 5.69 Å². The second kappa shape index (κ2) is 9.75. The molecular formula is C28H24N2O2. The average Bonchev–Trinajstić information content (AvgIpc) is 2.85. The summed E-state index contributed by atoms with van der Waals surface area (Å²) < 4.78 is 0. The highest BCUT2D eigenvalue weighted by atomic mass is 16.2. The fourth-order valence-electron chi connectivity index (χ4n) is 3.49. The molecule has 4 rings (SSSR count). The number of carbonyl (C=O) groups excluding carboxylic acids is 2. The summed E-state index contributed by atoms with van der Waals surface area (Å²) in [5, 5.41) is 5.87.